The number of carbonyl (C=O) groups is 1. The molecule has 2 aromatic rings. The zero-order valence-corrected chi connectivity index (χ0v) is 16.5. The van der Waals surface area contributed by atoms with Gasteiger partial charge >= 0.3 is 0 Å². The second kappa shape index (κ2) is 8.69. The molecule has 2 rings (SSSR count). The van der Waals surface area contributed by atoms with Gasteiger partial charge in [0.15, 0.2) is 0 Å². The summed E-state index contributed by atoms with van der Waals surface area (Å²) in [5.74, 6) is -0.249. The van der Waals surface area contributed by atoms with Crippen LogP contribution in [-0.4, -0.2) is 27.1 Å². The first-order valence-corrected chi connectivity index (χ1v) is 10.5. The molecule has 0 spiro atoms. The highest BCUT2D eigenvalue weighted by atomic mass is 32.2. The first kappa shape index (κ1) is 20.5. The molecule has 2 aromatic carbocycles. The van der Waals surface area contributed by atoms with Crippen LogP contribution in [0.5, 0.6) is 0 Å². The molecule has 0 aromatic heterocycles. The Labute approximate surface area is 160 Å². The number of rotatable bonds is 7. The first-order chi connectivity index (χ1) is 12.8. The molecule has 0 saturated carbocycles. The van der Waals surface area contributed by atoms with Gasteiger partial charge in [-0.3, -0.25) is 9.10 Å². The van der Waals surface area contributed by atoms with Gasteiger partial charge in [0.1, 0.15) is 0 Å². The minimum Gasteiger partial charge on any atom is -0.326 e. The molecule has 0 unspecified atom stereocenters. The molecule has 6 nitrogen and oxygen atoms in total. The molecule has 1 N–H and O–H groups in total. The third kappa shape index (κ3) is 5.31. The quantitative estimate of drug-likeness (QED) is 0.792. The van der Waals surface area contributed by atoms with Gasteiger partial charge < -0.3 is 5.32 Å². The number of benzene rings is 2. The topological polar surface area (TPSA) is 90.3 Å². The molecule has 0 heterocycles. The Bertz CT molecular complexity index is 961. The van der Waals surface area contributed by atoms with Gasteiger partial charge in [0.2, 0.25) is 15.9 Å². The normalized spacial score (nSPS) is 10.9. The Kier molecular flexibility index (Phi) is 6.59. The Hall–Kier alpha value is -2.85. The van der Waals surface area contributed by atoms with Gasteiger partial charge in [-0.15, -0.1) is 0 Å². The van der Waals surface area contributed by atoms with Crippen LogP contribution in [-0.2, 0) is 21.2 Å². The largest absolute Gasteiger partial charge is 0.326 e. The molecule has 0 bridgehead atoms. The molecule has 0 radical (unpaired) electrons. The maximum atomic E-state index is 12.4. The molecular weight excluding hydrogens is 362 g/mol. The molecule has 0 aliphatic rings. The smallest absolute Gasteiger partial charge is 0.232 e. The fourth-order valence-corrected chi connectivity index (χ4v) is 3.72. The molecule has 0 aliphatic carbocycles. The van der Waals surface area contributed by atoms with Crippen molar-refractivity contribution in [2.75, 3.05) is 22.4 Å². The average Bonchev–Trinajstić information content (AvgIpc) is 2.63. The van der Waals surface area contributed by atoms with Gasteiger partial charge in [-0.2, -0.15) is 5.26 Å². The van der Waals surface area contributed by atoms with Gasteiger partial charge in [0.05, 0.1) is 23.6 Å². The lowest BCUT2D eigenvalue weighted by molar-refractivity contribution is -0.116. The Morgan fingerprint density at radius 3 is 2.41 bits per heavy atom. The summed E-state index contributed by atoms with van der Waals surface area (Å²) < 4.78 is 25.5. The molecular formula is C20H23N3O3S. The molecule has 0 fully saturated rings. The number of aryl methyl sites for hydroxylation is 2. The molecule has 0 aliphatic heterocycles. The lowest BCUT2D eigenvalue weighted by Gasteiger charge is -2.22. The van der Waals surface area contributed by atoms with E-state index in [1.807, 2.05) is 38.1 Å². The standard InChI is InChI=1S/C20H23N3O3S/c1-4-17-7-5-6-15(2)20(17)22-19(24)12-13-23(27(3,25)26)18-10-8-16(14-21)9-11-18/h5-11H,4,12-13H2,1-3H3,(H,22,24). The van der Waals surface area contributed by atoms with Gasteiger partial charge in [-0.05, 0) is 48.7 Å². The van der Waals surface area contributed by atoms with Crippen molar-refractivity contribution >= 4 is 27.3 Å². The van der Waals surface area contributed by atoms with E-state index >= 15 is 0 Å². The van der Waals surface area contributed by atoms with Gasteiger partial charge in [-0.25, -0.2) is 8.42 Å². The minimum absolute atomic E-state index is 0.0178. The number of sulfonamides is 1. The van der Waals surface area contributed by atoms with E-state index in [1.54, 1.807) is 24.3 Å². The molecule has 0 saturated heterocycles. The van der Waals surface area contributed by atoms with Crippen molar-refractivity contribution in [3.63, 3.8) is 0 Å². The van der Waals surface area contributed by atoms with Gasteiger partial charge in [-0.1, -0.05) is 25.1 Å². The van der Waals surface area contributed by atoms with Crippen molar-refractivity contribution in [1.29, 1.82) is 5.26 Å². The second-order valence-corrected chi connectivity index (χ2v) is 8.16. The van der Waals surface area contributed by atoms with Crippen molar-refractivity contribution < 1.29 is 13.2 Å². The van der Waals surface area contributed by atoms with Crippen LogP contribution in [0.4, 0.5) is 11.4 Å². The third-order valence-electron chi connectivity index (χ3n) is 4.23. The van der Waals surface area contributed by atoms with Crippen LogP contribution < -0.4 is 9.62 Å². The fraction of sp³-hybridized carbons (Fsp3) is 0.300. The van der Waals surface area contributed by atoms with Crippen molar-refractivity contribution in [2.24, 2.45) is 0 Å². The number of amides is 1. The van der Waals surface area contributed by atoms with Crippen molar-refractivity contribution in [3.8, 4) is 6.07 Å². The predicted molar refractivity (Wildman–Crippen MR) is 107 cm³/mol. The van der Waals surface area contributed by atoms with E-state index < -0.39 is 10.0 Å². The van der Waals surface area contributed by atoms with Crippen LogP contribution in [0, 0.1) is 18.3 Å². The van der Waals surface area contributed by atoms with Crippen molar-refractivity contribution in [1.82, 2.24) is 0 Å². The highest BCUT2D eigenvalue weighted by Gasteiger charge is 2.19. The summed E-state index contributed by atoms with van der Waals surface area (Å²) in [7, 11) is -3.56. The molecule has 142 valence electrons. The van der Waals surface area contributed by atoms with E-state index in [0.717, 1.165) is 29.5 Å². The van der Waals surface area contributed by atoms with Gasteiger partial charge in [0.25, 0.3) is 0 Å². The number of hydrogen-bond acceptors (Lipinski definition) is 4. The summed E-state index contributed by atoms with van der Waals surface area (Å²) in [6.45, 7) is 3.96. The van der Waals surface area contributed by atoms with Crippen molar-refractivity contribution in [3.05, 3.63) is 59.2 Å². The number of nitrogens with one attached hydrogen (secondary N) is 1. The third-order valence-corrected chi connectivity index (χ3v) is 5.43. The minimum atomic E-state index is -3.56. The molecule has 0 atom stereocenters. The van der Waals surface area contributed by atoms with Crippen molar-refractivity contribution in [2.45, 2.75) is 26.7 Å². The fourth-order valence-electron chi connectivity index (χ4n) is 2.80. The van der Waals surface area contributed by atoms with Crippen LogP contribution in [0.3, 0.4) is 0 Å². The monoisotopic (exact) mass is 385 g/mol. The number of nitrogens with zero attached hydrogens (tertiary/aromatic N) is 2. The van der Waals surface area contributed by atoms with E-state index in [4.69, 9.17) is 5.26 Å². The van der Waals surface area contributed by atoms with E-state index in [2.05, 4.69) is 5.32 Å². The second-order valence-electron chi connectivity index (χ2n) is 6.25. The number of para-hydroxylation sites is 1. The lowest BCUT2D eigenvalue weighted by atomic mass is 10.1. The Balaban J connectivity index is 2.13. The zero-order valence-electron chi connectivity index (χ0n) is 15.7. The van der Waals surface area contributed by atoms with Gasteiger partial charge in [0, 0.05) is 18.7 Å². The zero-order chi connectivity index (χ0) is 20.0. The average molecular weight is 385 g/mol. The van der Waals surface area contributed by atoms with Crippen LogP contribution in [0.2, 0.25) is 0 Å². The summed E-state index contributed by atoms with van der Waals surface area (Å²) >= 11 is 0. The Morgan fingerprint density at radius 1 is 1.19 bits per heavy atom. The van der Waals surface area contributed by atoms with Crippen LogP contribution >= 0.6 is 0 Å². The number of anilines is 2. The SMILES string of the molecule is CCc1cccc(C)c1NC(=O)CCN(c1ccc(C#N)cc1)S(C)(=O)=O. The van der Waals surface area contributed by atoms with Crippen LogP contribution in [0.1, 0.15) is 30.0 Å². The first-order valence-electron chi connectivity index (χ1n) is 8.62. The van der Waals surface area contributed by atoms with E-state index in [9.17, 15) is 13.2 Å². The Morgan fingerprint density at radius 2 is 1.85 bits per heavy atom. The number of carbonyl (C=O) groups excluding carboxylic acids is 1. The number of nitriles is 1. The highest BCUT2D eigenvalue weighted by molar-refractivity contribution is 7.92. The maximum absolute atomic E-state index is 12.4. The maximum Gasteiger partial charge on any atom is 0.232 e. The summed E-state index contributed by atoms with van der Waals surface area (Å²) in [6, 6.07) is 14.1. The number of hydrogen-bond donors (Lipinski definition) is 1. The summed E-state index contributed by atoms with van der Waals surface area (Å²) in [6.07, 6.45) is 1.90. The van der Waals surface area contributed by atoms with E-state index in [-0.39, 0.29) is 18.9 Å². The van der Waals surface area contributed by atoms with Crippen LogP contribution in [0.25, 0.3) is 0 Å². The lowest BCUT2D eigenvalue weighted by Crippen LogP contribution is -2.33. The molecule has 1 amide bonds. The predicted octanol–water partition coefficient (Wildman–Crippen LogP) is 3.22. The summed E-state index contributed by atoms with van der Waals surface area (Å²) in [4.78, 5) is 12.4. The van der Waals surface area contributed by atoms with E-state index in [0.29, 0.717) is 11.3 Å². The summed E-state index contributed by atoms with van der Waals surface area (Å²) in [5, 5.41) is 11.8. The summed E-state index contributed by atoms with van der Waals surface area (Å²) in [5.41, 5.74) is 3.66. The van der Waals surface area contributed by atoms with E-state index in [1.165, 1.54) is 4.31 Å². The molecule has 27 heavy (non-hydrogen) atoms. The molecule has 7 heteroatoms. The van der Waals surface area contributed by atoms with Crippen LogP contribution in [0.15, 0.2) is 42.5 Å². The highest BCUT2D eigenvalue weighted by Crippen LogP contribution is 2.22.